The molecule has 0 atom stereocenters. The van der Waals surface area contributed by atoms with E-state index in [1.165, 1.54) is 5.56 Å². The van der Waals surface area contributed by atoms with Crippen molar-refractivity contribution in [2.45, 2.75) is 33.2 Å². The zero-order chi connectivity index (χ0) is 13.4. The van der Waals surface area contributed by atoms with Gasteiger partial charge in [0.25, 0.3) is 0 Å². The van der Waals surface area contributed by atoms with Crippen LogP contribution in [0.15, 0.2) is 24.3 Å². The molecule has 0 bridgehead atoms. The molecule has 0 aliphatic heterocycles. The molecule has 0 spiro atoms. The molecule has 0 fully saturated rings. The van der Waals surface area contributed by atoms with Crippen LogP contribution in [0.1, 0.15) is 26.3 Å². The second-order valence-electron chi connectivity index (χ2n) is 5.45. The third-order valence-electron chi connectivity index (χ3n) is 2.39. The molecule has 0 aliphatic rings. The third kappa shape index (κ3) is 7.30. The third-order valence-corrected chi connectivity index (χ3v) is 2.39. The molecule has 0 aliphatic carbocycles. The Labute approximate surface area is 110 Å². The van der Waals surface area contributed by atoms with Gasteiger partial charge in [0.2, 0.25) is 0 Å². The first-order chi connectivity index (χ1) is 8.47. The lowest BCUT2D eigenvalue weighted by molar-refractivity contribution is 0.0985. The summed E-state index contributed by atoms with van der Waals surface area (Å²) in [6.45, 7) is 11.3. The molecule has 0 saturated carbocycles. The normalized spacial score (nSPS) is 11.6. The van der Waals surface area contributed by atoms with Gasteiger partial charge in [0, 0.05) is 12.1 Å². The Morgan fingerprint density at radius 1 is 1.11 bits per heavy atom. The van der Waals surface area contributed by atoms with Crippen molar-refractivity contribution < 1.29 is 9.47 Å². The summed E-state index contributed by atoms with van der Waals surface area (Å²) in [5.74, 6) is 0.909. The lowest BCUT2D eigenvalue weighted by Gasteiger charge is -2.20. The van der Waals surface area contributed by atoms with E-state index < -0.39 is 0 Å². The van der Waals surface area contributed by atoms with E-state index in [0.717, 1.165) is 12.3 Å². The van der Waals surface area contributed by atoms with Crippen LogP contribution in [0.3, 0.4) is 0 Å². The van der Waals surface area contributed by atoms with Gasteiger partial charge in [-0.15, -0.1) is 0 Å². The number of ether oxygens (including phenoxy) is 2. The molecule has 0 unspecified atom stereocenters. The van der Waals surface area contributed by atoms with Gasteiger partial charge in [-0.3, -0.25) is 0 Å². The molecule has 3 heteroatoms. The molecular weight excluding hydrogens is 226 g/mol. The molecule has 1 aromatic rings. The number of nitrogens with one attached hydrogen (secondary N) is 1. The highest BCUT2D eigenvalue weighted by Crippen LogP contribution is 2.11. The summed E-state index contributed by atoms with van der Waals surface area (Å²) < 4.78 is 11.1. The van der Waals surface area contributed by atoms with Crippen molar-refractivity contribution in [1.82, 2.24) is 5.32 Å². The Balaban J connectivity index is 2.02. The van der Waals surface area contributed by atoms with E-state index in [-0.39, 0.29) is 5.54 Å². The molecule has 0 heterocycles. The monoisotopic (exact) mass is 251 g/mol. The predicted molar refractivity (Wildman–Crippen MR) is 75.2 cm³/mol. The first kappa shape index (κ1) is 15.0. The van der Waals surface area contributed by atoms with Gasteiger partial charge in [-0.2, -0.15) is 0 Å². The van der Waals surface area contributed by atoms with Crippen LogP contribution in [-0.2, 0) is 4.74 Å². The van der Waals surface area contributed by atoms with Crippen molar-refractivity contribution in [2.24, 2.45) is 0 Å². The fraction of sp³-hybridized carbons (Fsp3) is 0.600. The fourth-order valence-electron chi connectivity index (χ4n) is 1.52. The summed E-state index contributed by atoms with van der Waals surface area (Å²) in [4.78, 5) is 0. The lowest BCUT2D eigenvalue weighted by Crippen LogP contribution is -2.38. The van der Waals surface area contributed by atoms with Crippen LogP contribution in [0.5, 0.6) is 5.75 Å². The number of benzene rings is 1. The maximum Gasteiger partial charge on any atom is 0.119 e. The summed E-state index contributed by atoms with van der Waals surface area (Å²) in [6.07, 6.45) is 0. The van der Waals surface area contributed by atoms with Crippen LogP contribution in [0.25, 0.3) is 0 Å². The van der Waals surface area contributed by atoms with E-state index in [4.69, 9.17) is 9.47 Å². The molecule has 18 heavy (non-hydrogen) atoms. The zero-order valence-electron chi connectivity index (χ0n) is 12.0. The Kier molecular flexibility index (Phi) is 6.16. The second-order valence-corrected chi connectivity index (χ2v) is 5.45. The highest BCUT2D eigenvalue weighted by molar-refractivity contribution is 5.27. The van der Waals surface area contributed by atoms with Gasteiger partial charge >= 0.3 is 0 Å². The molecule has 102 valence electrons. The number of aryl methyl sites for hydroxylation is 1. The van der Waals surface area contributed by atoms with Gasteiger partial charge in [-0.1, -0.05) is 12.1 Å². The molecular formula is C15H25NO2. The molecule has 0 saturated heterocycles. The standard InChI is InChI=1S/C15H25NO2/c1-13-6-5-7-14(12-13)18-11-10-17-9-8-16-15(2,3)4/h5-7,12,16H,8-11H2,1-4H3. The van der Waals surface area contributed by atoms with Gasteiger partial charge in [0.1, 0.15) is 12.4 Å². The van der Waals surface area contributed by atoms with Crippen LogP contribution in [0.4, 0.5) is 0 Å². The first-order valence-corrected chi connectivity index (χ1v) is 6.50. The highest BCUT2D eigenvalue weighted by Gasteiger charge is 2.06. The Morgan fingerprint density at radius 3 is 2.56 bits per heavy atom. The second kappa shape index (κ2) is 7.39. The largest absolute Gasteiger partial charge is 0.491 e. The van der Waals surface area contributed by atoms with Gasteiger partial charge in [0.15, 0.2) is 0 Å². The fourth-order valence-corrected chi connectivity index (χ4v) is 1.52. The predicted octanol–water partition coefficient (Wildman–Crippen LogP) is 2.78. The maximum atomic E-state index is 5.59. The van der Waals surface area contributed by atoms with E-state index >= 15 is 0 Å². The molecule has 0 aromatic heterocycles. The van der Waals surface area contributed by atoms with Gasteiger partial charge in [-0.25, -0.2) is 0 Å². The molecule has 1 N–H and O–H groups in total. The summed E-state index contributed by atoms with van der Waals surface area (Å²) in [6, 6.07) is 8.05. The van der Waals surface area contributed by atoms with E-state index in [1.807, 2.05) is 18.2 Å². The zero-order valence-corrected chi connectivity index (χ0v) is 12.0. The first-order valence-electron chi connectivity index (χ1n) is 6.50. The lowest BCUT2D eigenvalue weighted by atomic mass is 10.1. The molecule has 1 rings (SSSR count). The molecule has 1 aromatic carbocycles. The molecule has 0 amide bonds. The van der Waals surface area contributed by atoms with Gasteiger partial charge < -0.3 is 14.8 Å². The van der Waals surface area contributed by atoms with Crippen molar-refractivity contribution in [3.63, 3.8) is 0 Å². The van der Waals surface area contributed by atoms with E-state index in [1.54, 1.807) is 0 Å². The minimum Gasteiger partial charge on any atom is -0.491 e. The average molecular weight is 251 g/mol. The van der Waals surface area contributed by atoms with Crippen molar-refractivity contribution in [2.75, 3.05) is 26.4 Å². The van der Waals surface area contributed by atoms with Crippen LogP contribution in [0, 0.1) is 6.92 Å². The quantitative estimate of drug-likeness (QED) is 0.756. The Morgan fingerprint density at radius 2 is 1.89 bits per heavy atom. The highest BCUT2D eigenvalue weighted by atomic mass is 16.5. The molecule has 3 nitrogen and oxygen atoms in total. The van der Waals surface area contributed by atoms with Gasteiger partial charge in [0.05, 0.1) is 13.2 Å². The number of hydrogen-bond donors (Lipinski definition) is 1. The Bertz CT molecular complexity index is 345. The van der Waals surface area contributed by atoms with Crippen LogP contribution in [-0.4, -0.2) is 31.9 Å². The van der Waals surface area contributed by atoms with E-state index in [2.05, 4.69) is 39.1 Å². The SMILES string of the molecule is Cc1cccc(OCCOCCNC(C)(C)C)c1. The summed E-state index contributed by atoms with van der Waals surface area (Å²) in [5, 5.41) is 3.37. The van der Waals surface area contributed by atoms with Crippen molar-refractivity contribution in [1.29, 1.82) is 0 Å². The number of rotatable bonds is 7. The Hall–Kier alpha value is -1.06. The smallest absolute Gasteiger partial charge is 0.119 e. The molecule has 0 radical (unpaired) electrons. The van der Waals surface area contributed by atoms with Crippen molar-refractivity contribution in [3.8, 4) is 5.75 Å². The summed E-state index contributed by atoms with van der Waals surface area (Å²) in [5.41, 5.74) is 1.37. The topological polar surface area (TPSA) is 30.5 Å². The minimum absolute atomic E-state index is 0.154. The average Bonchev–Trinajstić information content (AvgIpc) is 2.26. The summed E-state index contributed by atoms with van der Waals surface area (Å²) in [7, 11) is 0. The van der Waals surface area contributed by atoms with E-state index in [9.17, 15) is 0 Å². The van der Waals surface area contributed by atoms with Gasteiger partial charge in [-0.05, 0) is 45.4 Å². The van der Waals surface area contributed by atoms with Crippen molar-refractivity contribution in [3.05, 3.63) is 29.8 Å². The summed E-state index contributed by atoms with van der Waals surface area (Å²) >= 11 is 0. The van der Waals surface area contributed by atoms with Crippen molar-refractivity contribution >= 4 is 0 Å². The van der Waals surface area contributed by atoms with Crippen LogP contribution < -0.4 is 10.1 Å². The van der Waals surface area contributed by atoms with Crippen LogP contribution in [0.2, 0.25) is 0 Å². The number of hydrogen-bond acceptors (Lipinski definition) is 3. The van der Waals surface area contributed by atoms with E-state index in [0.29, 0.717) is 19.8 Å². The maximum absolute atomic E-state index is 5.59. The minimum atomic E-state index is 0.154. The van der Waals surface area contributed by atoms with Crippen LogP contribution >= 0.6 is 0 Å².